The summed E-state index contributed by atoms with van der Waals surface area (Å²) in [4.78, 5) is 12.6. The molecule has 0 unspecified atom stereocenters. The van der Waals surface area contributed by atoms with Crippen molar-refractivity contribution >= 4 is 11.6 Å². The number of methoxy groups -OCH3 is 2. The van der Waals surface area contributed by atoms with Crippen LogP contribution in [0.25, 0.3) is 0 Å². The maximum absolute atomic E-state index is 12.6. The Morgan fingerprint density at radius 1 is 0.923 bits per heavy atom. The van der Waals surface area contributed by atoms with Crippen LogP contribution in [0.1, 0.15) is 18.0 Å². The molecular weight excluding hydrogens is 328 g/mol. The van der Waals surface area contributed by atoms with Crippen LogP contribution in [-0.4, -0.2) is 24.7 Å². The number of benzene rings is 2. The maximum Gasteiger partial charge on any atom is 0.226 e. The molecule has 1 heterocycles. The number of rotatable bonds is 7. The Hall–Kier alpha value is -3.21. The van der Waals surface area contributed by atoms with Crippen molar-refractivity contribution in [3.63, 3.8) is 0 Å². The number of nitrogens with one attached hydrogen (secondary N) is 1. The highest BCUT2D eigenvalue weighted by Gasteiger charge is 2.17. The van der Waals surface area contributed by atoms with Gasteiger partial charge in [-0.1, -0.05) is 12.1 Å². The molecule has 3 aromatic rings. The van der Waals surface area contributed by atoms with Crippen LogP contribution in [0.3, 0.4) is 0 Å². The van der Waals surface area contributed by atoms with Gasteiger partial charge in [0.25, 0.3) is 0 Å². The second-order valence-corrected chi connectivity index (χ2v) is 5.90. The number of anilines is 1. The van der Waals surface area contributed by atoms with Crippen LogP contribution in [0.4, 0.5) is 5.69 Å². The lowest BCUT2D eigenvalue weighted by atomic mass is 10.0. The normalized spacial score (nSPS) is 11.6. The van der Waals surface area contributed by atoms with Gasteiger partial charge < -0.3 is 19.4 Å². The highest BCUT2D eigenvalue weighted by molar-refractivity contribution is 5.91. The van der Waals surface area contributed by atoms with Crippen molar-refractivity contribution in [3.05, 3.63) is 78.6 Å². The Labute approximate surface area is 153 Å². The molecule has 0 aliphatic heterocycles. The molecule has 5 nitrogen and oxygen atoms in total. The summed E-state index contributed by atoms with van der Waals surface area (Å²) in [6, 6.07) is 18.9. The number of ether oxygens (including phenoxy) is 2. The van der Waals surface area contributed by atoms with Gasteiger partial charge in [0.15, 0.2) is 0 Å². The van der Waals surface area contributed by atoms with E-state index in [1.165, 1.54) is 0 Å². The molecule has 3 rings (SSSR count). The van der Waals surface area contributed by atoms with Crippen LogP contribution in [0.15, 0.2) is 73.1 Å². The summed E-state index contributed by atoms with van der Waals surface area (Å²) in [5.41, 5.74) is 1.80. The summed E-state index contributed by atoms with van der Waals surface area (Å²) in [6.45, 7) is 0. The third-order valence-corrected chi connectivity index (χ3v) is 4.24. The van der Waals surface area contributed by atoms with Crippen molar-refractivity contribution in [3.8, 4) is 11.5 Å². The summed E-state index contributed by atoms with van der Waals surface area (Å²) in [7, 11) is 3.25. The van der Waals surface area contributed by atoms with E-state index in [9.17, 15) is 4.79 Å². The van der Waals surface area contributed by atoms with Crippen LogP contribution in [0, 0.1) is 0 Å². The molecule has 1 aromatic heterocycles. The molecule has 1 N–H and O–H groups in total. The summed E-state index contributed by atoms with van der Waals surface area (Å²) < 4.78 is 12.4. The number of hydrogen-bond acceptors (Lipinski definition) is 3. The molecule has 0 spiro atoms. The molecule has 26 heavy (non-hydrogen) atoms. The number of nitrogens with zero attached hydrogens (tertiary/aromatic N) is 1. The van der Waals surface area contributed by atoms with Crippen LogP contribution in [0.5, 0.6) is 11.5 Å². The summed E-state index contributed by atoms with van der Waals surface area (Å²) in [5, 5.41) is 2.95. The number of hydrogen-bond donors (Lipinski definition) is 1. The minimum absolute atomic E-state index is 0.0512. The molecule has 0 saturated heterocycles. The van der Waals surface area contributed by atoms with Gasteiger partial charge in [-0.2, -0.15) is 0 Å². The largest absolute Gasteiger partial charge is 0.497 e. The van der Waals surface area contributed by atoms with Crippen molar-refractivity contribution in [1.29, 1.82) is 0 Å². The first kappa shape index (κ1) is 17.6. The Kier molecular flexibility index (Phi) is 5.59. The van der Waals surface area contributed by atoms with E-state index in [0.29, 0.717) is 6.42 Å². The zero-order valence-electron chi connectivity index (χ0n) is 14.9. The van der Waals surface area contributed by atoms with E-state index in [1.807, 2.05) is 77.6 Å². The molecule has 2 aromatic carbocycles. The predicted molar refractivity (Wildman–Crippen MR) is 102 cm³/mol. The lowest BCUT2D eigenvalue weighted by molar-refractivity contribution is -0.116. The SMILES string of the molecule is COc1ccc(NC(=O)C[C@@H](c2ccc(OC)cc2)n2cccc2)cc1. The molecule has 0 bridgehead atoms. The standard InChI is InChI=1S/C21H22N2O3/c1-25-18-9-5-16(6-10-18)20(23-13-3-4-14-23)15-21(24)22-17-7-11-19(26-2)12-8-17/h3-14,20H,15H2,1-2H3,(H,22,24)/t20-/m0/s1. The molecule has 0 aliphatic rings. The van der Waals surface area contributed by atoms with Gasteiger partial charge in [0, 0.05) is 18.1 Å². The van der Waals surface area contributed by atoms with Crippen LogP contribution >= 0.6 is 0 Å². The van der Waals surface area contributed by atoms with Crippen LogP contribution < -0.4 is 14.8 Å². The zero-order chi connectivity index (χ0) is 18.4. The molecule has 0 aliphatic carbocycles. The second-order valence-electron chi connectivity index (χ2n) is 5.90. The van der Waals surface area contributed by atoms with E-state index >= 15 is 0 Å². The van der Waals surface area contributed by atoms with E-state index in [4.69, 9.17) is 9.47 Å². The van der Waals surface area contributed by atoms with Gasteiger partial charge >= 0.3 is 0 Å². The molecule has 1 atom stereocenters. The maximum atomic E-state index is 12.6. The van der Waals surface area contributed by atoms with Gasteiger partial charge in [-0.3, -0.25) is 4.79 Å². The average Bonchev–Trinajstić information content (AvgIpc) is 3.21. The van der Waals surface area contributed by atoms with E-state index < -0.39 is 0 Å². The Bertz CT molecular complexity index is 825. The van der Waals surface area contributed by atoms with Crippen molar-refractivity contribution in [1.82, 2.24) is 4.57 Å². The fourth-order valence-electron chi connectivity index (χ4n) is 2.84. The van der Waals surface area contributed by atoms with Gasteiger partial charge in [-0.15, -0.1) is 0 Å². The predicted octanol–water partition coefficient (Wildman–Crippen LogP) is 4.12. The summed E-state index contributed by atoms with van der Waals surface area (Å²) in [5.74, 6) is 1.50. The fourth-order valence-corrected chi connectivity index (χ4v) is 2.84. The highest BCUT2D eigenvalue weighted by Crippen LogP contribution is 2.25. The minimum Gasteiger partial charge on any atom is -0.497 e. The second kappa shape index (κ2) is 8.25. The van der Waals surface area contributed by atoms with Gasteiger partial charge in [0.2, 0.25) is 5.91 Å². The van der Waals surface area contributed by atoms with Gasteiger partial charge in [0.05, 0.1) is 26.7 Å². The third-order valence-electron chi connectivity index (χ3n) is 4.24. The van der Waals surface area contributed by atoms with E-state index in [0.717, 1.165) is 22.7 Å². The molecule has 0 fully saturated rings. The third kappa shape index (κ3) is 4.25. The van der Waals surface area contributed by atoms with Crippen molar-refractivity contribution in [2.75, 3.05) is 19.5 Å². The smallest absolute Gasteiger partial charge is 0.226 e. The number of carbonyl (C=O) groups is 1. The number of amides is 1. The summed E-state index contributed by atoms with van der Waals surface area (Å²) >= 11 is 0. The monoisotopic (exact) mass is 350 g/mol. The molecule has 0 saturated carbocycles. The van der Waals surface area contributed by atoms with Crippen molar-refractivity contribution < 1.29 is 14.3 Å². The summed E-state index contributed by atoms with van der Waals surface area (Å²) in [6.07, 6.45) is 4.26. The molecule has 0 radical (unpaired) electrons. The topological polar surface area (TPSA) is 52.5 Å². The van der Waals surface area contributed by atoms with E-state index in [2.05, 4.69) is 5.32 Å². The first-order valence-electron chi connectivity index (χ1n) is 8.40. The Morgan fingerprint density at radius 2 is 1.46 bits per heavy atom. The quantitative estimate of drug-likeness (QED) is 0.697. The first-order chi connectivity index (χ1) is 12.7. The van der Waals surface area contributed by atoms with Crippen LogP contribution in [-0.2, 0) is 4.79 Å². The van der Waals surface area contributed by atoms with Crippen LogP contribution in [0.2, 0.25) is 0 Å². The molecular formula is C21H22N2O3. The van der Waals surface area contributed by atoms with Gasteiger partial charge in [-0.05, 0) is 54.1 Å². The molecule has 5 heteroatoms. The first-order valence-corrected chi connectivity index (χ1v) is 8.40. The minimum atomic E-state index is -0.0887. The van der Waals surface area contributed by atoms with E-state index in [1.54, 1.807) is 14.2 Å². The van der Waals surface area contributed by atoms with Gasteiger partial charge in [0.1, 0.15) is 11.5 Å². The fraction of sp³-hybridized carbons (Fsp3) is 0.190. The average molecular weight is 350 g/mol. The molecule has 1 amide bonds. The highest BCUT2D eigenvalue weighted by atomic mass is 16.5. The molecule has 134 valence electrons. The van der Waals surface area contributed by atoms with E-state index in [-0.39, 0.29) is 11.9 Å². The van der Waals surface area contributed by atoms with Gasteiger partial charge in [-0.25, -0.2) is 0 Å². The number of carbonyl (C=O) groups excluding carboxylic acids is 1. The van der Waals surface area contributed by atoms with Crippen molar-refractivity contribution in [2.24, 2.45) is 0 Å². The Morgan fingerprint density at radius 3 is 2.00 bits per heavy atom. The Balaban J connectivity index is 1.75. The lowest BCUT2D eigenvalue weighted by Gasteiger charge is -2.20. The lowest BCUT2D eigenvalue weighted by Crippen LogP contribution is -2.19. The van der Waals surface area contributed by atoms with Crippen molar-refractivity contribution in [2.45, 2.75) is 12.5 Å². The number of aromatic nitrogens is 1. The zero-order valence-corrected chi connectivity index (χ0v) is 14.9.